The number of carbonyl (C=O) groups excluding carboxylic acids is 1. The fraction of sp³-hybridized carbons (Fsp3) is 0.316. The van der Waals surface area contributed by atoms with Gasteiger partial charge in [-0.25, -0.2) is 0 Å². The second-order valence-corrected chi connectivity index (χ2v) is 7.10. The van der Waals surface area contributed by atoms with Crippen molar-refractivity contribution in [3.63, 3.8) is 0 Å². The molecule has 2 atom stereocenters. The highest BCUT2D eigenvalue weighted by Crippen LogP contribution is 2.44. The topological polar surface area (TPSA) is 32.3 Å². The fourth-order valence-electron chi connectivity index (χ4n) is 3.62. The van der Waals surface area contributed by atoms with E-state index in [2.05, 4.69) is 58.7 Å². The summed E-state index contributed by atoms with van der Waals surface area (Å²) in [6.07, 6.45) is 0.938. The van der Waals surface area contributed by atoms with E-state index in [9.17, 15) is 4.79 Å². The smallest absolute Gasteiger partial charge is 0.237 e. The molecule has 118 valence electrons. The van der Waals surface area contributed by atoms with Gasteiger partial charge in [-0.2, -0.15) is 0 Å². The summed E-state index contributed by atoms with van der Waals surface area (Å²) in [5.41, 5.74) is 4.05. The zero-order chi connectivity index (χ0) is 15.8. The molecule has 1 N–H and O–H groups in total. The fourth-order valence-corrected chi connectivity index (χ4v) is 4.71. The Morgan fingerprint density at radius 3 is 2.61 bits per heavy atom. The lowest BCUT2D eigenvalue weighted by Crippen LogP contribution is -2.56. The van der Waals surface area contributed by atoms with E-state index in [-0.39, 0.29) is 18.0 Å². The maximum atomic E-state index is 12.2. The molecule has 2 unspecified atom stereocenters. The van der Waals surface area contributed by atoms with Gasteiger partial charge in [-0.1, -0.05) is 42.5 Å². The molecule has 4 heteroatoms. The van der Waals surface area contributed by atoms with Crippen LogP contribution in [0.2, 0.25) is 0 Å². The molecule has 23 heavy (non-hydrogen) atoms. The molecule has 0 bridgehead atoms. The standard InChI is InChI=1S/C19H20N2OS/c1-20-19(22)16-10-11-21(16)18-14-7-3-2-6-13(14)12-23-17-9-5-4-8-15(17)18/h2-9,16,18H,10-12H2,1H3,(H,20,22). The predicted octanol–water partition coefficient (Wildman–Crippen LogP) is 3.20. The Morgan fingerprint density at radius 2 is 1.87 bits per heavy atom. The molecule has 2 aliphatic rings. The Hall–Kier alpha value is -1.78. The molecule has 1 amide bonds. The number of nitrogens with zero attached hydrogens (tertiary/aromatic N) is 1. The highest BCUT2D eigenvalue weighted by Gasteiger charge is 2.41. The average molecular weight is 324 g/mol. The predicted molar refractivity (Wildman–Crippen MR) is 93.5 cm³/mol. The van der Waals surface area contributed by atoms with Gasteiger partial charge in [-0.15, -0.1) is 11.8 Å². The Morgan fingerprint density at radius 1 is 1.13 bits per heavy atom. The first-order valence-corrected chi connectivity index (χ1v) is 9.05. The van der Waals surface area contributed by atoms with E-state index >= 15 is 0 Å². The van der Waals surface area contributed by atoms with Crippen LogP contribution in [0.1, 0.15) is 29.2 Å². The number of carbonyl (C=O) groups is 1. The number of thioether (sulfide) groups is 1. The minimum Gasteiger partial charge on any atom is -0.358 e. The molecule has 0 radical (unpaired) electrons. The number of likely N-dealkylation sites (tertiary alicyclic amines) is 1. The molecule has 4 rings (SSSR count). The first kappa shape index (κ1) is 14.8. The Kier molecular flexibility index (Phi) is 3.87. The lowest BCUT2D eigenvalue weighted by Gasteiger charge is -2.45. The van der Waals surface area contributed by atoms with Crippen molar-refractivity contribution in [3.05, 3.63) is 65.2 Å². The molecule has 0 saturated carbocycles. The minimum absolute atomic E-state index is 0.0192. The van der Waals surface area contributed by atoms with Crippen LogP contribution in [-0.4, -0.2) is 30.4 Å². The zero-order valence-corrected chi connectivity index (χ0v) is 14.0. The van der Waals surface area contributed by atoms with Crippen LogP contribution in [0, 0.1) is 0 Å². The number of rotatable bonds is 2. The van der Waals surface area contributed by atoms with E-state index in [1.807, 2.05) is 11.8 Å². The molecule has 2 aromatic rings. The van der Waals surface area contributed by atoms with Gasteiger partial charge < -0.3 is 5.32 Å². The monoisotopic (exact) mass is 324 g/mol. The molecule has 2 aromatic carbocycles. The highest BCUT2D eigenvalue weighted by molar-refractivity contribution is 7.98. The van der Waals surface area contributed by atoms with E-state index in [0.29, 0.717) is 0 Å². The van der Waals surface area contributed by atoms with Crippen LogP contribution in [0.15, 0.2) is 53.4 Å². The van der Waals surface area contributed by atoms with Gasteiger partial charge in [-0.05, 0) is 29.2 Å². The first-order chi connectivity index (χ1) is 11.3. The van der Waals surface area contributed by atoms with Crippen molar-refractivity contribution in [2.45, 2.75) is 29.2 Å². The summed E-state index contributed by atoms with van der Waals surface area (Å²) in [4.78, 5) is 15.9. The van der Waals surface area contributed by atoms with Crippen molar-refractivity contribution < 1.29 is 4.79 Å². The number of likely N-dealkylation sites (N-methyl/N-ethyl adjacent to an activating group) is 1. The normalized spacial score (nSPS) is 23.2. The van der Waals surface area contributed by atoms with Crippen LogP contribution in [-0.2, 0) is 10.5 Å². The SMILES string of the molecule is CNC(=O)C1CCN1C1c2ccccc2CSc2ccccc21. The summed E-state index contributed by atoms with van der Waals surface area (Å²) in [7, 11) is 1.73. The molecule has 0 spiro atoms. The van der Waals surface area contributed by atoms with Crippen LogP contribution in [0.3, 0.4) is 0 Å². The first-order valence-electron chi connectivity index (χ1n) is 8.06. The number of amides is 1. The third kappa shape index (κ3) is 2.46. The quantitative estimate of drug-likeness (QED) is 0.921. The Balaban J connectivity index is 1.82. The van der Waals surface area contributed by atoms with E-state index in [1.165, 1.54) is 21.6 Å². The third-order valence-corrected chi connectivity index (χ3v) is 6.03. The summed E-state index contributed by atoms with van der Waals surface area (Å²) in [5, 5.41) is 2.81. The van der Waals surface area contributed by atoms with Gasteiger partial charge in [-0.3, -0.25) is 9.69 Å². The van der Waals surface area contributed by atoms with Crippen molar-refractivity contribution in [1.29, 1.82) is 0 Å². The number of benzene rings is 2. The molecule has 3 nitrogen and oxygen atoms in total. The van der Waals surface area contributed by atoms with Crippen molar-refractivity contribution in [1.82, 2.24) is 10.2 Å². The van der Waals surface area contributed by atoms with Crippen molar-refractivity contribution in [2.24, 2.45) is 0 Å². The van der Waals surface area contributed by atoms with Gasteiger partial charge in [0, 0.05) is 24.2 Å². The number of fused-ring (bicyclic) bond motifs is 2. The van der Waals surface area contributed by atoms with Crippen molar-refractivity contribution >= 4 is 17.7 Å². The van der Waals surface area contributed by atoms with Crippen molar-refractivity contribution in [3.8, 4) is 0 Å². The molecular formula is C19H20N2OS. The van der Waals surface area contributed by atoms with Crippen LogP contribution in [0.5, 0.6) is 0 Å². The van der Waals surface area contributed by atoms with E-state index in [1.54, 1.807) is 7.05 Å². The summed E-state index contributed by atoms with van der Waals surface area (Å²) in [6, 6.07) is 17.4. The lowest BCUT2D eigenvalue weighted by atomic mass is 9.88. The van der Waals surface area contributed by atoms with Crippen LogP contribution < -0.4 is 5.32 Å². The van der Waals surface area contributed by atoms with Gasteiger partial charge in [0.1, 0.15) is 0 Å². The molecular weight excluding hydrogens is 304 g/mol. The summed E-state index contributed by atoms with van der Waals surface area (Å²) in [5.74, 6) is 1.12. The van der Waals surface area contributed by atoms with Gasteiger partial charge in [0.15, 0.2) is 0 Å². The second kappa shape index (κ2) is 6.02. The second-order valence-electron chi connectivity index (χ2n) is 6.08. The highest BCUT2D eigenvalue weighted by atomic mass is 32.2. The maximum Gasteiger partial charge on any atom is 0.237 e. The molecule has 1 fully saturated rings. The van der Waals surface area contributed by atoms with Crippen molar-refractivity contribution in [2.75, 3.05) is 13.6 Å². The minimum atomic E-state index is -0.0192. The zero-order valence-electron chi connectivity index (χ0n) is 13.2. The third-order valence-electron chi connectivity index (χ3n) is 4.89. The van der Waals surface area contributed by atoms with Gasteiger partial charge >= 0.3 is 0 Å². The molecule has 1 saturated heterocycles. The molecule has 0 aromatic heterocycles. The number of nitrogens with one attached hydrogen (secondary N) is 1. The largest absolute Gasteiger partial charge is 0.358 e. The molecule has 0 aliphatic carbocycles. The van der Waals surface area contributed by atoms with Crippen LogP contribution >= 0.6 is 11.8 Å². The van der Waals surface area contributed by atoms with E-state index < -0.39 is 0 Å². The van der Waals surface area contributed by atoms with Crippen LogP contribution in [0.4, 0.5) is 0 Å². The molecule has 2 heterocycles. The summed E-state index contributed by atoms with van der Waals surface area (Å²) >= 11 is 1.90. The Labute approximate surface area is 141 Å². The molecule has 2 aliphatic heterocycles. The number of hydrogen-bond acceptors (Lipinski definition) is 3. The average Bonchev–Trinajstić information content (AvgIpc) is 2.72. The van der Waals surface area contributed by atoms with Crippen LogP contribution in [0.25, 0.3) is 0 Å². The lowest BCUT2D eigenvalue weighted by molar-refractivity contribution is -0.131. The Bertz CT molecular complexity index is 698. The maximum absolute atomic E-state index is 12.2. The van der Waals surface area contributed by atoms with E-state index in [4.69, 9.17) is 0 Å². The summed E-state index contributed by atoms with van der Waals surface area (Å²) < 4.78 is 0. The van der Waals surface area contributed by atoms with Gasteiger partial charge in [0.05, 0.1) is 12.1 Å². The summed E-state index contributed by atoms with van der Waals surface area (Å²) in [6.45, 7) is 0.968. The van der Waals surface area contributed by atoms with E-state index in [0.717, 1.165) is 18.7 Å². The number of hydrogen-bond donors (Lipinski definition) is 1. The van der Waals surface area contributed by atoms with Gasteiger partial charge in [0.25, 0.3) is 0 Å². The van der Waals surface area contributed by atoms with Gasteiger partial charge in [0.2, 0.25) is 5.91 Å².